The molecule has 0 saturated carbocycles. The molecular weight excluding hydrogens is 238 g/mol. The molecule has 3 aromatic rings. The molecule has 0 aliphatic heterocycles. The van der Waals surface area contributed by atoms with Crippen LogP contribution in [0.2, 0.25) is 0 Å². The summed E-state index contributed by atoms with van der Waals surface area (Å²) < 4.78 is 5.26. The van der Waals surface area contributed by atoms with Crippen molar-refractivity contribution in [3.05, 3.63) is 66.2 Å². The van der Waals surface area contributed by atoms with Gasteiger partial charge in [0.15, 0.2) is 0 Å². The van der Waals surface area contributed by atoms with Crippen LogP contribution in [-0.4, -0.2) is 10.1 Å². The van der Waals surface area contributed by atoms with Gasteiger partial charge in [-0.25, -0.2) is 0 Å². The molecule has 1 N–H and O–H groups in total. The van der Waals surface area contributed by atoms with Gasteiger partial charge in [0.2, 0.25) is 0 Å². The highest BCUT2D eigenvalue weighted by Gasteiger charge is 2.10. The first-order valence-corrected chi connectivity index (χ1v) is 6.38. The van der Waals surface area contributed by atoms with Crippen LogP contribution in [0.25, 0.3) is 10.9 Å². The number of benzene rings is 1. The van der Waals surface area contributed by atoms with Crippen LogP contribution in [0.1, 0.15) is 23.8 Å². The van der Waals surface area contributed by atoms with E-state index in [1.54, 1.807) is 12.5 Å². The molecule has 0 fully saturated rings. The summed E-state index contributed by atoms with van der Waals surface area (Å²) in [7, 11) is 0. The molecular formula is C16H15NO2. The second-order valence-electron chi connectivity index (χ2n) is 4.60. The number of nitrogens with zero attached hydrogens (tertiary/aromatic N) is 1. The fourth-order valence-corrected chi connectivity index (χ4v) is 2.17. The first-order chi connectivity index (χ1) is 9.33. The molecule has 0 amide bonds. The number of para-hydroxylation sites is 1. The van der Waals surface area contributed by atoms with Crippen LogP contribution < -0.4 is 0 Å². The van der Waals surface area contributed by atoms with Gasteiger partial charge in [-0.3, -0.25) is 4.98 Å². The molecule has 1 unspecified atom stereocenters. The lowest BCUT2D eigenvalue weighted by Gasteiger charge is -2.10. The third-order valence-electron chi connectivity index (χ3n) is 3.24. The lowest BCUT2D eigenvalue weighted by atomic mass is 10.0. The predicted molar refractivity (Wildman–Crippen MR) is 73.7 cm³/mol. The van der Waals surface area contributed by atoms with Gasteiger partial charge in [-0.2, -0.15) is 0 Å². The molecule has 0 spiro atoms. The second kappa shape index (κ2) is 5.24. The number of rotatable bonds is 4. The highest BCUT2D eigenvalue weighted by molar-refractivity contribution is 5.78. The first-order valence-electron chi connectivity index (χ1n) is 6.38. The van der Waals surface area contributed by atoms with Gasteiger partial charge in [-0.05, 0) is 36.2 Å². The molecule has 96 valence electrons. The standard InChI is InChI=1S/C16H15NO2/c18-16(8-7-14-5-3-9-19-14)13-10-12-4-1-2-6-15(12)17-11-13/h1-6,9-11,16,18H,7-8H2. The Morgan fingerprint density at radius 1 is 1.16 bits per heavy atom. The average molecular weight is 253 g/mol. The Labute approximate surface area is 111 Å². The maximum atomic E-state index is 10.2. The molecule has 0 aliphatic carbocycles. The van der Waals surface area contributed by atoms with Gasteiger partial charge in [0.1, 0.15) is 5.76 Å². The van der Waals surface area contributed by atoms with Crippen molar-refractivity contribution in [1.29, 1.82) is 0 Å². The zero-order chi connectivity index (χ0) is 13.1. The molecule has 19 heavy (non-hydrogen) atoms. The Kier molecular flexibility index (Phi) is 3.29. The first kappa shape index (κ1) is 11.9. The van der Waals surface area contributed by atoms with E-state index in [-0.39, 0.29) is 0 Å². The van der Waals surface area contributed by atoms with Crippen molar-refractivity contribution in [3.8, 4) is 0 Å². The van der Waals surface area contributed by atoms with Crippen molar-refractivity contribution in [1.82, 2.24) is 4.98 Å². The number of aliphatic hydroxyl groups is 1. The van der Waals surface area contributed by atoms with Gasteiger partial charge < -0.3 is 9.52 Å². The van der Waals surface area contributed by atoms with Crippen molar-refractivity contribution in [2.75, 3.05) is 0 Å². The highest BCUT2D eigenvalue weighted by atomic mass is 16.3. The summed E-state index contributed by atoms with van der Waals surface area (Å²) in [6.45, 7) is 0. The van der Waals surface area contributed by atoms with Gasteiger partial charge in [0.25, 0.3) is 0 Å². The predicted octanol–water partition coefficient (Wildman–Crippen LogP) is 3.49. The summed E-state index contributed by atoms with van der Waals surface area (Å²) in [5.41, 5.74) is 1.80. The van der Waals surface area contributed by atoms with Crippen LogP contribution in [0.15, 0.2) is 59.3 Å². The molecule has 3 heteroatoms. The van der Waals surface area contributed by atoms with Crippen LogP contribution in [0.3, 0.4) is 0 Å². The lowest BCUT2D eigenvalue weighted by molar-refractivity contribution is 0.165. The minimum Gasteiger partial charge on any atom is -0.469 e. The van der Waals surface area contributed by atoms with Gasteiger partial charge in [0.05, 0.1) is 17.9 Å². The topological polar surface area (TPSA) is 46.3 Å². The second-order valence-corrected chi connectivity index (χ2v) is 4.60. The Balaban J connectivity index is 1.75. The maximum Gasteiger partial charge on any atom is 0.103 e. The van der Waals surface area contributed by atoms with Gasteiger partial charge in [-0.15, -0.1) is 0 Å². The van der Waals surface area contributed by atoms with Crippen molar-refractivity contribution < 1.29 is 9.52 Å². The highest BCUT2D eigenvalue weighted by Crippen LogP contribution is 2.22. The molecule has 1 aromatic carbocycles. The van der Waals surface area contributed by atoms with Gasteiger partial charge >= 0.3 is 0 Å². The summed E-state index contributed by atoms with van der Waals surface area (Å²) in [6.07, 6.45) is 4.24. The van der Waals surface area contributed by atoms with Gasteiger partial charge in [-0.1, -0.05) is 18.2 Å². The van der Waals surface area contributed by atoms with E-state index >= 15 is 0 Å². The van der Waals surface area contributed by atoms with Crippen molar-refractivity contribution >= 4 is 10.9 Å². The van der Waals surface area contributed by atoms with E-state index in [1.165, 1.54) is 0 Å². The minimum atomic E-state index is -0.512. The van der Waals surface area contributed by atoms with Gasteiger partial charge in [0, 0.05) is 18.0 Å². The van der Waals surface area contributed by atoms with E-state index in [0.717, 1.165) is 28.6 Å². The largest absolute Gasteiger partial charge is 0.469 e. The number of hydrogen-bond donors (Lipinski definition) is 1. The van der Waals surface area contributed by atoms with E-state index in [4.69, 9.17) is 4.42 Å². The van der Waals surface area contributed by atoms with Crippen molar-refractivity contribution in [2.45, 2.75) is 18.9 Å². The summed E-state index contributed by atoms with van der Waals surface area (Å²) in [5, 5.41) is 11.2. The third kappa shape index (κ3) is 2.66. The number of pyridine rings is 1. The Morgan fingerprint density at radius 2 is 2.05 bits per heavy atom. The number of furan rings is 1. The van der Waals surface area contributed by atoms with Crippen molar-refractivity contribution in [2.24, 2.45) is 0 Å². The number of aryl methyl sites for hydroxylation is 1. The SMILES string of the molecule is OC(CCc1ccco1)c1cnc2ccccc2c1. The third-order valence-corrected chi connectivity index (χ3v) is 3.24. The molecule has 0 radical (unpaired) electrons. The number of hydrogen-bond acceptors (Lipinski definition) is 3. The zero-order valence-corrected chi connectivity index (χ0v) is 10.5. The molecule has 2 heterocycles. The van der Waals surface area contributed by atoms with Crippen LogP contribution >= 0.6 is 0 Å². The van der Waals surface area contributed by atoms with E-state index in [2.05, 4.69) is 4.98 Å². The quantitative estimate of drug-likeness (QED) is 0.774. The zero-order valence-electron chi connectivity index (χ0n) is 10.5. The number of fused-ring (bicyclic) bond motifs is 1. The molecule has 0 aliphatic rings. The Bertz CT molecular complexity index is 661. The fourth-order valence-electron chi connectivity index (χ4n) is 2.17. The average Bonchev–Trinajstić information content (AvgIpc) is 2.97. The monoisotopic (exact) mass is 253 g/mol. The fraction of sp³-hybridized carbons (Fsp3) is 0.188. The summed E-state index contributed by atoms with van der Waals surface area (Å²) in [5.74, 6) is 0.896. The van der Waals surface area contributed by atoms with Crippen molar-refractivity contribution in [3.63, 3.8) is 0 Å². The summed E-state index contributed by atoms with van der Waals surface area (Å²) in [4.78, 5) is 4.36. The molecule has 0 saturated heterocycles. The normalized spacial score (nSPS) is 12.7. The Morgan fingerprint density at radius 3 is 2.89 bits per heavy atom. The van der Waals surface area contributed by atoms with Crippen LogP contribution in [0.5, 0.6) is 0 Å². The molecule has 3 rings (SSSR count). The minimum absolute atomic E-state index is 0.512. The van der Waals surface area contributed by atoms with Crippen LogP contribution in [-0.2, 0) is 6.42 Å². The lowest BCUT2D eigenvalue weighted by Crippen LogP contribution is -2.00. The van der Waals surface area contributed by atoms with E-state index in [0.29, 0.717) is 6.42 Å². The van der Waals surface area contributed by atoms with E-state index in [1.807, 2.05) is 42.5 Å². The summed E-state index contributed by atoms with van der Waals surface area (Å²) in [6, 6.07) is 13.7. The molecule has 0 bridgehead atoms. The number of aliphatic hydroxyl groups excluding tert-OH is 1. The van der Waals surface area contributed by atoms with E-state index in [9.17, 15) is 5.11 Å². The molecule has 2 aromatic heterocycles. The Hall–Kier alpha value is -2.13. The molecule has 1 atom stereocenters. The number of aromatic nitrogens is 1. The van der Waals surface area contributed by atoms with E-state index < -0.39 is 6.10 Å². The summed E-state index contributed by atoms with van der Waals surface area (Å²) >= 11 is 0. The van der Waals surface area contributed by atoms with Crippen LogP contribution in [0.4, 0.5) is 0 Å². The van der Waals surface area contributed by atoms with Crippen LogP contribution in [0, 0.1) is 0 Å². The molecule has 3 nitrogen and oxygen atoms in total. The smallest absolute Gasteiger partial charge is 0.103 e. The maximum absolute atomic E-state index is 10.2.